The van der Waals surface area contributed by atoms with Gasteiger partial charge in [-0.15, -0.1) is 0 Å². The molecule has 0 aromatic carbocycles. The Hall–Kier alpha value is -0.930. The molecule has 1 N–H and O–H groups in total. The summed E-state index contributed by atoms with van der Waals surface area (Å²) in [5.74, 6) is 0. The highest BCUT2D eigenvalue weighted by atomic mass is 16.5. The molecular formula is C11H16N2O. The van der Waals surface area contributed by atoms with Gasteiger partial charge in [0.2, 0.25) is 0 Å². The number of morpholine rings is 1. The van der Waals surface area contributed by atoms with E-state index in [1.807, 2.05) is 12.3 Å². The van der Waals surface area contributed by atoms with Crippen molar-refractivity contribution >= 4 is 0 Å². The predicted octanol–water partition coefficient (Wildman–Crippen LogP) is 0.921. The SMILES string of the molecule is Cc1ccnc(CC2CNCCO2)c1. The molecule has 2 rings (SSSR count). The zero-order valence-corrected chi connectivity index (χ0v) is 8.49. The number of nitrogens with one attached hydrogen (secondary N) is 1. The first-order valence-electron chi connectivity index (χ1n) is 5.08. The van der Waals surface area contributed by atoms with Crippen molar-refractivity contribution in [3.8, 4) is 0 Å². The summed E-state index contributed by atoms with van der Waals surface area (Å²) in [6.07, 6.45) is 3.06. The third kappa shape index (κ3) is 2.53. The fourth-order valence-electron chi connectivity index (χ4n) is 1.69. The minimum Gasteiger partial charge on any atom is -0.375 e. The molecule has 1 atom stereocenters. The molecule has 1 aromatic rings. The van der Waals surface area contributed by atoms with Crippen LogP contribution in [0.15, 0.2) is 18.3 Å². The topological polar surface area (TPSA) is 34.2 Å². The Kier molecular flexibility index (Phi) is 3.11. The first-order valence-corrected chi connectivity index (χ1v) is 5.08. The third-order valence-corrected chi connectivity index (χ3v) is 2.41. The van der Waals surface area contributed by atoms with Gasteiger partial charge in [-0.1, -0.05) is 0 Å². The van der Waals surface area contributed by atoms with Gasteiger partial charge in [0.25, 0.3) is 0 Å². The molecule has 0 aliphatic carbocycles. The van der Waals surface area contributed by atoms with Gasteiger partial charge in [0.1, 0.15) is 0 Å². The molecule has 3 heteroatoms. The van der Waals surface area contributed by atoms with Gasteiger partial charge in [-0.25, -0.2) is 0 Å². The number of aryl methyl sites for hydroxylation is 1. The number of hydrogen-bond donors (Lipinski definition) is 1. The lowest BCUT2D eigenvalue weighted by Gasteiger charge is -2.23. The lowest BCUT2D eigenvalue weighted by molar-refractivity contribution is 0.0286. The summed E-state index contributed by atoms with van der Waals surface area (Å²) in [5, 5.41) is 3.32. The van der Waals surface area contributed by atoms with Crippen LogP contribution in [-0.4, -0.2) is 30.8 Å². The second-order valence-electron chi connectivity index (χ2n) is 3.73. The van der Waals surface area contributed by atoms with Crippen LogP contribution in [0, 0.1) is 6.92 Å². The Morgan fingerprint density at radius 3 is 3.29 bits per heavy atom. The van der Waals surface area contributed by atoms with Crippen LogP contribution in [0.1, 0.15) is 11.3 Å². The number of ether oxygens (including phenoxy) is 1. The van der Waals surface area contributed by atoms with Gasteiger partial charge in [-0.05, 0) is 24.6 Å². The molecule has 1 fully saturated rings. The van der Waals surface area contributed by atoms with Crippen molar-refractivity contribution in [2.24, 2.45) is 0 Å². The first kappa shape index (κ1) is 9.62. The summed E-state index contributed by atoms with van der Waals surface area (Å²) >= 11 is 0. The van der Waals surface area contributed by atoms with Crippen molar-refractivity contribution in [3.05, 3.63) is 29.6 Å². The van der Waals surface area contributed by atoms with Crippen LogP contribution < -0.4 is 5.32 Å². The highest BCUT2D eigenvalue weighted by Crippen LogP contribution is 2.06. The van der Waals surface area contributed by atoms with Crippen LogP contribution >= 0.6 is 0 Å². The number of aromatic nitrogens is 1. The highest BCUT2D eigenvalue weighted by molar-refractivity contribution is 5.15. The Morgan fingerprint density at radius 2 is 2.57 bits per heavy atom. The van der Waals surface area contributed by atoms with Crippen molar-refractivity contribution < 1.29 is 4.74 Å². The van der Waals surface area contributed by atoms with E-state index in [2.05, 4.69) is 23.3 Å². The zero-order chi connectivity index (χ0) is 9.80. The molecule has 0 radical (unpaired) electrons. The number of nitrogens with zero attached hydrogens (tertiary/aromatic N) is 1. The van der Waals surface area contributed by atoms with Gasteiger partial charge in [-0.2, -0.15) is 0 Å². The number of hydrogen-bond acceptors (Lipinski definition) is 3. The van der Waals surface area contributed by atoms with Gasteiger partial charge in [-0.3, -0.25) is 4.98 Å². The minimum atomic E-state index is 0.290. The van der Waals surface area contributed by atoms with Gasteiger partial charge in [0, 0.05) is 31.4 Å². The molecule has 1 saturated heterocycles. The lowest BCUT2D eigenvalue weighted by atomic mass is 10.1. The summed E-state index contributed by atoms with van der Waals surface area (Å²) in [7, 11) is 0. The summed E-state index contributed by atoms with van der Waals surface area (Å²) in [5.41, 5.74) is 2.39. The van der Waals surface area contributed by atoms with E-state index < -0.39 is 0 Å². The molecule has 0 bridgehead atoms. The molecule has 76 valence electrons. The molecule has 0 amide bonds. The molecule has 0 saturated carbocycles. The Bertz CT molecular complexity index is 295. The normalized spacial score (nSPS) is 22.2. The van der Waals surface area contributed by atoms with Gasteiger partial charge < -0.3 is 10.1 Å². The zero-order valence-electron chi connectivity index (χ0n) is 8.49. The Labute approximate surface area is 84.5 Å². The number of rotatable bonds is 2. The fraction of sp³-hybridized carbons (Fsp3) is 0.545. The maximum Gasteiger partial charge on any atom is 0.0755 e. The van der Waals surface area contributed by atoms with E-state index in [1.165, 1.54) is 5.56 Å². The number of pyridine rings is 1. The standard InChI is InChI=1S/C11H16N2O/c1-9-2-3-13-10(6-9)7-11-8-12-4-5-14-11/h2-3,6,11-12H,4-5,7-8H2,1H3. The van der Waals surface area contributed by atoms with E-state index in [1.54, 1.807) is 0 Å². The molecule has 1 aromatic heterocycles. The van der Waals surface area contributed by atoms with Gasteiger partial charge >= 0.3 is 0 Å². The summed E-state index contributed by atoms with van der Waals surface area (Å²) < 4.78 is 5.62. The third-order valence-electron chi connectivity index (χ3n) is 2.41. The summed E-state index contributed by atoms with van der Waals surface area (Å²) in [4.78, 5) is 4.33. The van der Waals surface area contributed by atoms with E-state index in [0.717, 1.165) is 31.8 Å². The van der Waals surface area contributed by atoms with Crippen LogP contribution in [0.4, 0.5) is 0 Å². The largest absolute Gasteiger partial charge is 0.375 e. The molecular weight excluding hydrogens is 176 g/mol. The van der Waals surface area contributed by atoms with Crippen molar-refractivity contribution in [2.75, 3.05) is 19.7 Å². The maximum atomic E-state index is 5.62. The lowest BCUT2D eigenvalue weighted by Crippen LogP contribution is -2.39. The summed E-state index contributed by atoms with van der Waals surface area (Å²) in [6.45, 7) is 4.81. The van der Waals surface area contributed by atoms with E-state index in [9.17, 15) is 0 Å². The van der Waals surface area contributed by atoms with Crippen LogP contribution in [0.5, 0.6) is 0 Å². The average molecular weight is 192 g/mol. The van der Waals surface area contributed by atoms with Crippen molar-refractivity contribution in [1.82, 2.24) is 10.3 Å². The highest BCUT2D eigenvalue weighted by Gasteiger charge is 2.14. The maximum absolute atomic E-state index is 5.62. The molecule has 14 heavy (non-hydrogen) atoms. The van der Waals surface area contributed by atoms with Crippen LogP contribution in [-0.2, 0) is 11.2 Å². The van der Waals surface area contributed by atoms with E-state index >= 15 is 0 Å². The fourth-order valence-corrected chi connectivity index (χ4v) is 1.69. The monoisotopic (exact) mass is 192 g/mol. The van der Waals surface area contributed by atoms with Crippen LogP contribution in [0.25, 0.3) is 0 Å². The molecule has 2 heterocycles. The Morgan fingerprint density at radius 1 is 1.64 bits per heavy atom. The Balaban J connectivity index is 1.95. The van der Waals surface area contributed by atoms with Crippen molar-refractivity contribution in [1.29, 1.82) is 0 Å². The second kappa shape index (κ2) is 4.53. The van der Waals surface area contributed by atoms with Gasteiger partial charge in [0.15, 0.2) is 0 Å². The van der Waals surface area contributed by atoms with Crippen molar-refractivity contribution in [3.63, 3.8) is 0 Å². The van der Waals surface area contributed by atoms with E-state index in [4.69, 9.17) is 4.74 Å². The smallest absolute Gasteiger partial charge is 0.0755 e. The second-order valence-corrected chi connectivity index (χ2v) is 3.73. The summed E-state index contributed by atoms with van der Waals surface area (Å²) in [6, 6.07) is 4.14. The van der Waals surface area contributed by atoms with Crippen molar-refractivity contribution in [2.45, 2.75) is 19.4 Å². The van der Waals surface area contributed by atoms with E-state index in [-0.39, 0.29) is 6.10 Å². The molecule has 1 aliphatic heterocycles. The minimum absolute atomic E-state index is 0.290. The van der Waals surface area contributed by atoms with Crippen LogP contribution in [0.2, 0.25) is 0 Å². The molecule has 1 unspecified atom stereocenters. The van der Waals surface area contributed by atoms with E-state index in [0.29, 0.717) is 0 Å². The quantitative estimate of drug-likeness (QED) is 0.756. The van der Waals surface area contributed by atoms with Crippen LogP contribution in [0.3, 0.4) is 0 Å². The van der Waals surface area contributed by atoms with Gasteiger partial charge in [0.05, 0.1) is 12.7 Å². The first-order chi connectivity index (χ1) is 6.84. The predicted molar refractivity (Wildman–Crippen MR) is 55.3 cm³/mol. The molecule has 3 nitrogen and oxygen atoms in total. The average Bonchev–Trinajstić information content (AvgIpc) is 2.19. The molecule has 1 aliphatic rings. The molecule has 0 spiro atoms.